The molecule has 0 spiro atoms. The quantitative estimate of drug-likeness (QED) is 0.776. The number of halogens is 5. The van der Waals surface area contributed by atoms with Gasteiger partial charge in [-0.2, -0.15) is 13.2 Å². The van der Waals surface area contributed by atoms with E-state index in [4.69, 9.17) is 23.2 Å². The van der Waals surface area contributed by atoms with Crippen LogP contribution in [0.2, 0.25) is 10.2 Å². The Morgan fingerprint density at radius 3 is 2.42 bits per heavy atom. The first-order valence-electron chi connectivity index (χ1n) is 5.12. The fourth-order valence-electron chi connectivity index (χ4n) is 1.45. The Labute approximate surface area is 117 Å². The van der Waals surface area contributed by atoms with Gasteiger partial charge in [-0.3, -0.25) is 0 Å². The van der Waals surface area contributed by atoms with E-state index in [1.807, 2.05) is 0 Å². The molecule has 7 heteroatoms. The van der Waals surface area contributed by atoms with Crippen LogP contribution in [0.1, 0.15) is 5.56 Å². The predicted molar refractivity (Wildman–Crippen MR) is 69.0 cm³/mol. The van der Waals surface area contributed by atoms with Gasteiger partial charge < -0.3 is 5.32 Å². The molecule has 2 nitrogen and oxygen atoms in total. The van der Waals surface area contributed by atoms with Crippen LogP contribution >= 0.6 is 23.2 Å². The highest BCUT2D eigenvalue weighted by Crippen LogP contribution is 2.33. The average Bonchev–Trinajstić information content (AvgIpc) is 2.26. The number of alkyl halides is 3. The van der Waals surface area contributed by atoms with Crippen molar-refractivity contribution in [2.45, 2.75) is 6.18 Å². The zero-order chi connectivity index (χ0) is 14.0. The molecule has 0 aliphatic heterocycles. The smallest absolute Gasteiger partial charge is 0.340 e. The van der Waals surface area contributed by atoms with Gasteiger partial charge in [-0.1, -0.05) is 29.3 Å². The molecule has 0 aliphatic rings. The fraction of sp³-hybridized carbons (Fsp3) is 0.0833. The van der Waals surface area contributed by atoms with Crippen molar-refractivity contribution < 1.29 is 13.2 Å². The second kappa shape index (κ2) is 5.27. The van der Waals surface area contributed by atoms with E-state index in [0.717, 1.165) is 12.1 Å². The lowest BCUT2D eigenvalue weighted by molar-refractivity contribution is -0.137. The van der Waals surface area contributed by atoms with Crippen molar-refractivity contribution in [3.63, 3.8) is 0 Å². The molecule has 1 heterocycles. The Morgan fingerprint density at radius 2 is 1.79 bits per heavy atom. The van der Waals surface area contributed by atoms with E-state index in [9.17, 15) is 13.2 Å². The minimum atomic E-state index is -4.46. The van der Waals surface area contributed by atoms with E-state index in [-0.39, 0.29) is 15.9 Å². The number of nitrogens with zero attached hydrogens (tertiary/aromatic N) is 1. The highest BCUT2D eigenvalue weighted by atomic mass is 35.5. The van der Waals surface area contributed by atoms with E-state index in [0.29, 0.717) is 5.82 Å². The molecule has 0 radical (unpaired) electrons. The number of anilines is 2. The molecule has 19 heavy (non-hydrogen) atoms. The first kappa shape index (κ1) is 14.0. The van der Waals surface area contributed by atoms with Gasteiger partial charge in [-0.05, 0) is 30.3 Å². The number of aromatic nitrogens is 1. The third-order valence-corrected chi connectivity index (χ3v) is 2.64. The maximum atomic E-state index is 12.6. The Kier molecular flexibility index (Phi) is 3.87. The second-order valence-electron chi connectivity index (χ2n) is 3.70. The van der Waals surface area contributed by atoms with Gasteiger partial charge in [0.15, 0.2) is 0 Å². The standard InChI is InChI=1S/C12H7Cl2F3N2/c13-8-4-7(12(15,16)17)5-9(6-8)18-11-3-1-2-10(14)19-11/h1-6H,(H,18,19). The molecule has 0 fully saturated rings. The summed E-state index contributed by atoms with van der Waals surface area (Å²) < 4.78 is 37.9. The minimum Gasteiger partial charge on any atom is -0.340 e. The van der Waals surface area contributed by atoms with Gasteiger partial charge >= 0.3 is 6.18 Å². The Bertz CT molecular complexity index is 600. The lowest BCUT2D eigenvalue weighted by atomic mass is 10.2. The van der Waals surface area contributed by atoms with Crippen LogP contribution in [0.4, 0.5) is 24.7 Å². The van der Waals surface area contributed by atoms with Crippen molar-refractivity contribution in [1.82, 2.24) is 4.98 Å². The molecule has 1 aromatic carbocycles. The average molecular weight is 307 g/mol. The summed E-state index contributed by atoms with van der Waals surface area (Å²) in [6, 6.07) is 7.96. The zero-order valence-electron chi connectivity index (χ0n) is 9.30. The largest absolute Gasteiger partial charge is 0.416 e. The molecule has 1 aromatic heterocycles. The van der Waals surface area contributed by atoms with Gasteiger partial charge in [0, 0.05) is 10.7 Å². The number of nitrogens with one attached hydrogen (secondary N) is 1. The maximum Gasteiger partial charge on any atom is 0.416 e. The van der Waals surface area contributed by atoms with E-state index in [2.05, 4.69) is 10.3 Å². The van der Waals surface area contributed by atoms with Gasteiger partial charge in [0.05, 0.1) is 5.56 Å². The van der Waals surface area contributed by atoms with E-state index >= 15 is 0 Å². The lowest BCUT2D eigenvalue weighted by Crippen LogP contribution is -2.05. The minimum absolute atomic E-state index is 0.0145. The molecule has 0 amide bonds. The molecule has 2 rings (SSSR count). The molecule has 0 unspecified atom stereocenters. The van der Waals surface area contributed by atoms with Crippen molar-refractivity contribution >= 4 is 34.7 Å². The molecule has 0 saturated carbocycles. The van der Waals surface area contributed by atoms with Crippen LogP contribution < -0.4 is 5.32 Å². The molecule has 2 aromatic rings. The van der Waals surface area contributed by atoms with Gasteiger partial charge in [-0.25, -0.2) is 4.98 Å². The highest BCUT2D eigenvalue weighted by molar-refractivity contribution is 6.31. The molecule has 0 aliphatic carbocycles. The normalized spacial score (nSPS) is 11.4. The number of hydrogen-bond acceptors (Lipinski definition) is 2. The third-order valence-electron chi connectivity index (χ3n) is 2.21. The van der Waals surface area contributed by atoms with Crippen LogP contribution in [0.15, 0.2) is 36.4 Å². The summed E-state index contributed by atoms with van der Waals surface area (Å²) in [6.45, 7) is 0. The second-order valence-corrected chi connectivity index (χ2v) is 4.52. The topological polar surface area (TPSA) is 24.9 Å². The van der Waals surface area contributed by atoms with Crippen LogP contribution in [0.3, 0.4) is 0 Å². The van der Waals surface area contributed by atoms with Gasteiger partial charge in [-0.15, -0.1) is 0 Å². The third kappa shape index (κ3) is 3.75. The first-order chi connectivity index (χ1) is 8.84. The van der Waals surface area contributed by atoms with Gasteiger partial charge in [0.25, 0.3) is 0 Å². The number of benzene rings is 1. The summed E-state index contributed by atoms with van der Waals surface area (Å²) in [7, 11) is 0. The molecular weight excluding hydrogens is 300 g/mol. The van der Waals surface area contributed by atoms with Crippen LogP contribution in [0, 0.1) is 0 Å². The summed E-state index contributed by atoms with van der Waals surface area (Å²) in [6.07, 6.45) is -4.46. The molecular formula is C12H7Cl2F3N2. The summed E-state index contributed by atoms with van der Waals surface area (Å²) >= 11 is 11.4. The summed E-state index contributed by atoms with van der Waals surface area (Å²) in [5.74, 6) is 0.336. The van der Waals surface area contributed by atoms with Crippen molar-refractivity contribution in [3.05, 3.63) is 52.1 Å². The Balaban J connectivity index is 2.33. The first-order valence-corrected chi connectivity index (χ1v) is 5.87. The summed E-state index contributed by atoms with van der Waals surface area (Å²) in [5, 5.41) is 2.94. The van der Waals surface area contributed by atoms with Crippen LogP contribution in [0.25, 0.3) is 0 Å². The number of rotatable bonds is 2. The molecule has 0 atom stereocenters. The van der Waals surface area contributed by atoms with Crippen molar-refractivity contribution in [2.75, 3.05) is 5.32 Å². The van der Waals surface area contributed by atoms with Crippen LogP contribution in [-0.2, 0) is 6.18 Å². The fourth-order valence-corrected chi connectivity index (χ4v) is 1.85. The lowest BCUT2D eigenvalue weighted by Gasteiger charge is -2.11. The van der Waals surface area contributed by atoms with Crippen LogP contribution in [-0.4, -0.2) is 4.98 Å². The Morgan fingerprint density at radius 1 is 1.05 bits per heavy atom. The van der Waals surface area contributed by atoms with Crippen LogP contribution in [0.5, 0.6) is 0 Å². The SMILES string of the molecule is FC(F)(F)c1cc(Cl)cc(Nc2cccc(Cl)n2)c1. The highest BCUT2D eigenvalue weighted by Gasteiger charge is 2.31. The number of hydrogen-bond donors (Lipinski definition) is 1. The van der Waals surface area contributed by atoms with Crippen molar-refractivity contribution in [1.29, 1.82) is 0 Å². The maximum absolute atomic E-state index is 12.6. The van der Waals surface area contributed by atoms with Gasteiger partial charge in [0.1, 0.15) is 11.0 Å². The van der Waals surface area contributed by atoms with E-state index in [1.165, 1.54) is 6.07 Å². The molecule has 100 valence electrons. The summed E-state index contributed by atoms with van der Waals surface area (Å²) in [4.78, 5) is 3.92. The van der Waals surface area contributed by atoms with E-state index < -0.39 is 11.7 Å². The Hall–Kier alpha value is -1.46. The molecule has 0 bridgehead atoms. The number of pyridine rings is 1. The predicted octanol–water partition coefficient (Wildman–Crippen LogP) is 5.15. The van der Waals surface area contributed by atoms with Crippen molar-refractivity contribution in [3.8, 4) is 0 Å². The summed E-state index contributed by atoms with van der Waals surface area (Å²) in [5.41, 5.74) is -0.640. The monoisotopic (exact) mass is 306 g/mol. The van der Waals surface area contributed by atoms with E-state index in [1.54, 1.807) is 18.2 Å². The zero-order valence-corrected chi connectivity index (χ0v) is 10.8. The molecule has 1 N–H and O–H groups in total. The molecule has 0 saturated heterocycles. The van der Waals surface area contributed by atoms with Crippen molar-refractivity contribution in [2.24, 2.45) is 0 Å². The van der Waals surface area contributed by atoms with Gasteiger partial charge in [0.2, 0.25) is 0 Å².